The zero-order valence-electron chi connectivity index (χ0n) is 16.7. The zero-order valence-corrected chi connectivity index (χ0v) is 16.7. The summed E-state index contributed by atoms with van der Waals surface area (Å²) >= 11 is 0. The number of pyridine rings is 1. The molecule has 28 heavy (non-hydrogen) atoms. The van der Waals surface area contributed by atoms with Crippen LogP contribution in [0.1, 0.15) is 34.7 Å². The summed E-state index contributed by atoms with van der Waals surface area (Å²) in [4.78, 5) is 23.5. The van der Waals surface area contributed by atoms with Crippen LogP contribution in [0, 0.1) is 19.8 Å². The normalized spacial score (nSPS) is 15.2. The van der Waals surface area contributed by atoms with Crippen molar-refractivity contribution < 1.29 is 4.79 Å². The molecule has 3 aromatic heterocycles. The Bertz CT molecular complexity index is 947. The highest BCUT2D eigenvalue weighted by molar-refractivity contribution is 5.92. The maximum atomic E-state index is 12.7. The Balaban J connectivity index is 1.41. The molecule has 1 saturated heterocycles. The lowest BCUT2D eigenvalue weighted by molar-refractivity contribution is 0.0676. The van der Waals surface area contributed by atoms with Crippen molar-refractivity contribution in [3.63, 3.8) is 0 Å². The van der Waals surface area contributed by atoms with Gasteiger partial charge in [-0.25, -0.2) is 4.98 Å². The van der Waals surface area contributed by atoms with Crippen LogP contribution >= 0.6 is 0 Å². The third kappa shape index (κ3) is 3.56. The average molecular weight is 378 g/mol. The SMILES string of the molecule is Cc1cc(C(=O)N2CCC(Cn3c(C)cnc3-c3cccnc3)CC2)nn1C. The van der Waals surface area contributed by atoms with Crippen molar-refractivity contribution in [1.82, 2.24) is 29.2 Å². The molecule has 4 rings (SSSR count). The number of likely N-dealkylation sites (tertiary alicyclic amines) is 1. The maximum Gasteiger partial charge on any atom is 0.274 e. The van der Waals surface area contributed by atoms with Crippen molar-refractivity contribution in [1.29, 1.82) is 0 Å². The third-order valence-electron chi connectivity index (χ3n) is 5.65. The minimum absolute atomic E-state index is 0.0389. The van der Waals surface area contributed by atoms with Crippen LogP contribution in [0.15, 0.2) is 36.8 Å². The van der Waals surface area contributed by atoms with E-state index in [9.17, 15) is 4.79 Å². The first-order valence-electron chi connectivity index (χ1n) is 9.75. The summed E-state index contributed by atoms with van der Waals surface area (Å²) in [6, 6.07) is 5.85. The molecule has 0 bridgehead atoms. The highest BCUT2D eigenvalue weighted by Gasteiger charge is 2.26. The number of carbonyl (C=O) groups is 1. The minimum atomic E-state index is 0.0389. The van der Waals surface area contributed by atoms with Crippen LogP contribution in [-0.2, 0) is 13.6 Å². The van der Waals surface area contributed by atoms with Crippen molar-refractivity contribution in [2.24, 2.45) is 13.0 Å². The van der Waals surface area contributed by atoms with Crippen LogP contribution in [0.25, 0.3) is 11.4 Å². The van der Waals surface area contributed by atoms with Gasteiger partial charge in [0.1, 0.15) is 5.82 Å². The predicted octanol–water partition coefficient (Wildman–Crippen LogP) is 2.85. The molecule has 7 nitrogen and oxygen atoms in total. The van der Waals surface area contributed by atoms with Gasteiger partial charge in [0, 0.05) is 62.2 Å². The van der Waals surface area contributed by atoms with Gasteiger partial charge in [0.25, 0.3) is 5.91 Å². The molecule has 0 atom stereocenters. The number of nitrogens with zero attached hydrogens (tertiary/aromatic N) is 6. The van der Waals surface area contributed by atoms with Gasteiger partial charge in [0.05, 0.1) is 0 Å². The molecule has 0 aliphatic carbocycles. The van der Waals surface area contributed by atoms with Gasteiger partial charge in [-0.15, -0.1) is 0 Å². The smallest absolute Gasteiger partial charge is 0.274 e. The van der Waals surface area contributed by atoms with E-state index in [1.807, 2.05) is 49.5 Å². The van der Waals surface area contributed by atoms with Crippen LogP contribution in [0.2, 0.25) is 0 Å². The topological polar surface area (TPSA) is 68.8 Å². The van der Waals surface area contributed by atoms with E-state index in [4.69, 9.17) is 0 Å². The Morgan fingerprint density at radius 1 is 1.18 bits per heavy atom. The van der Waals surface area contributed by atoms with Crippen LogP contribution in [0.4, 0.5) is 0 Å². The van der Waals surface area contributed by atoms with E-state index < -0.39 is 0 Å². The number of carbonyl (C=O) groups excluding carboxylic acids is 1. The van der Waals surface area contributed by atoms with Crippen LogP contribution in [-0.4, -0.2) is 48.2 Å². The lowest BCUT2D eigenvalue weighted by Crippen LogP contribution is -2.39. The standard InChI is InChI=1S/C21H26N6O/c1-15-11-19(24-25(15)3)21(28)26-9-6-17(7-10-26)14-27-16(2)12-23-20(27)18-5-4-8-22-13-18/h4-5,8,11-13,17H,6-7,9-10,14H2,1-3H3. The van der Waals surface area contributed by atoms with E-state index in [1.165, 1.54) is 0 Å². The van der Waals surface area contributed by atoms with E-state index in [0.29, 0.717) is 11.6 Å². The second-order valence-electron chi connectivity index (χ2n) is 7.61. The molecule has 0 N–H and O–H groups in total. The molecule has 1 amide bonds. The Labute approximate surface area is 165 Å². The molecule has 1 fully saturated rings. The van der Waals surface area contributed by atoms with Gasteiger partial charge in [-0.2, -0.15) is 5.10 Å². The lowest BCUT2D eigenvalue weighted by atomic mass is 9.96. The number of hydrogen-bond acceptors (Lipinski definition) is 4. The number of imidazole rings is 1. The Morgan fingerprint density at radius 2 is 1.96 bits per heavy atom. The molecular formula is C21H26N6O. The molecule has 0 spiro atoms. The van der Waals surface area contributed by atoms with Crippen molar-refractivity contribution in [2.75, 3.05) is 13.1 Å². The second kappa shape index (κ2) is 7.58. The first kappa shape index (κ1) is 18.4. The number of aromatic nitrogens is 5. The van der Waals surface area contributed by atoms with Crippen molar-refractivity contribution >= 4 is 5.91 Å². The zero-order chi connectivity index (χ0) is 19.7. The Hall–Kier alpha value is -2.96. The summed E-state index contributed by atoms with van der Waals surface area (Å²) in [5.41, 5.74) is 3.73. The molecule has 1 aliphatic heterocycles. The van der Waals surface area contributed by atoms with Crippen LogP contribution in [0.5, 0.6) is 0 Å². The number of aryl methyl sites for hydroxylation is 3. The van der Waals surface area contributed by atoms with E-state index in [-0.39, 0.29) is 5.91 Å². The van der Waals surface area contributed by atoms with Gasteiger partial charge in [-0.05, 0) is 50.8 Å². The molecule has 3 aromatic rings. The molecule has 0 saturated carbocycles. The monoisotopic (exact) mass is 378 g/mol. The molecule has 0 radical (unpaired) electrons. The second-order valence-corrected chi connectivity index (χ2v) is 7.61. The summed E-state index contributed by atoms with van der Waals surface area (Å²) in [5.74, 6) is 1.53. The predicted molar refractivity (Wildman–Crippen MR) is 107 cm³/mol. The largest absolute Gasteiger partial charge is 0.337 e. The maximum absolute atomic E-state index is 12.7. The fraction of sp³-hybridized carbons (Fsp3) is 0.429. The molecule has 0 unspecified atom stereocenters. The van der Waals surface area contributed by atoms with E-state index in [1.54, 1.807) is 10.9 Å². The van der Waals surface area contributed by atoms with E-state index >= 15 is 0 Å². The molecule has 0 aromatic carbocycles. The highest BCUT2D eigenvalue weighted by Crippen LogP contribution is 2.25. The molecule has 4 heterocycles. The van der Waals surface area contributed by atoms with E-state index in [0.717, 1.165) is 55.3 Å². The number of hydrogen-bond donors (Lipinski definition) is 0. The van der Waals surface area contributed by atoms with Crippen LogP contribution in [0.3, 0.4) is 0 Å². The molecule has 7 heteroatoms. The summed E-state index contributed by atoms with van der Waals surface area (Å²) in [6.07, 6.45) is 7.53. The Morgan fingerprint density at radius 3 is 2.61 bits per heavy atom. The summed E-state index contributed by atoms with van der Waals surface area (Å²) < 4.78 is 4.03. The van der Waals surface area contributed by atoms with Gasteiger partial charge < -0.3 is 9.47 Å². The summed E-state index contributed by atoms with van der Waals surface area (Å²) in [5, 5.41) is 4.33. The third-order valence-corrected chi connectivity index (χ3v) is 5.65. The average Bonchev–Trinajstić information content (AvgIpc) is 3.25. The number of amides is 1. The molecule has 146 valence electrons. The fourth-order valence-corrected chi connectivity index (χ4v) is 3.82. The van der Waals surface area contributed by atoms with Gasteiger partial charge in [-0.1, -0.05) is 0 Å². The van der Waals surface area contributed by atoms with Crippen LogP contribution < -0.4 is 0 Å². The number of piperidine rings is 1. The number of rotatable bonds is 4. The summed E-state index contributed by atoms with van der Waals surface area (Å²) in [6.45, 7) is 6.52. The fourth-order valence-electron chi connectivity index (χ4n) is 3.82. The lowest BCUT2D eigenvalue weighted by Gasteiger charge is -2.32. The van der Waals surface area contributed by atoms with E-state index in [2.05, 4.69) is 26.6 Å². The quantitative estimate of drug-likeness (QED) is 0.700. The van der Waals surface area contributed by atoms with Crippen molar-refractivity contribution in [3.05, 3.63) is 53.9 Å². The first-order valence-corrected chi connectivity index (χ1v) is 9.75. The van der Waals surface area contributed by atoms with Crippen molar-refractivity contribution in [3.8, 4) is 11.4 Å². The Kier molecular flexibility index (Phi) is 4.98. The highest BCUT2D eigenvalue weighted by atomic mass is 16.2. The van der Waals surface area contributed by atoms with Crippen molar-refractivity contribution in [2.45, 2.75) is 33.2 Å². The van der Waals surface area contributed by atoms with Gasteiger partial charge in [0.2, 0.25) is 0 Å². The minimum Gasteiger partial charge on any atom is -0.337 e. The molecular weight excluding hydrogens is 352 g/mol. The van der Waals surface area contributed by atoms with Gasteiger partial charge in [0.15, 0.2) is 5.69 Å². The summed E-state index contributed by atoms with van der Waals surface area (Å²) in [7, 11) is 1.87. The van der Waals surface area contributed by atoms with Gasteiger partial charge >= 0.3 is 0 Å². The first-order chi connectivity index (χ1) is 13.5. The van der Waals surface area contributed by atoms with Gasteiger partial charge in [-0.3, -0.25) is 14.5 Å². The molecule has 1 aliphatic rings.